The van der Waals surface area contributed by atoms with Gasteiger partial charge in [0, 0.05) is 17.5 Å². The molecule has 0 aromatic heterocycles. The van der Waals surface area contributed by atoms with Crippen molar-refractivity contribution in [3.63, 3.8) is 0 Å². The smallest absolute Gasteiger partial charge is 0.0292 e. The monoisotopic (exact) mass is 147 g/mol. The lowest BCUT2D eigenvalue weighted by Crippen LogP contribution is -2.44. The zero-order chi connectivity index (χ0) is 7.06. The Labute approximate surface area is 66.5 Å². The SMILES string of the molecule is CC12C3CCC31C21CC2NC21. The summed E-state index contributed by atoms with van der Waals surface area (Å²) in [5.74, 6) is 1.19. The van der Waals surface area contributed by atoms with Gasteiger partial charge >= 0.3 is 0 Å². The highest BCUT2D eigenvalue weighted by Gasteiger charge is 3.10. The summed E-state index contributed by atoms with van der Waals surface area (Å²) in [5.41, 5.74) is 2.68. The summed E-state index contributed by atoms with van der Waals surface area (Å²) < 4.78 is 0. The Morgan fingerprint density at radius 2 is 2.27 bits per heavy atom. The van der Waals surface area contributed by atoms with E-state index < -0.39 is 0 Å². The fraction of sp³-hybridized carbons (Fsp3) is 1.00. The van der Waals surface area contributed by atoms with Crippen LogP contribution in [0.4, 0.5) is 0 Å². The van der Waals surface area contributed by atoms with Crippen LogP contribution in [0.25, 0.3) is 0 Å². The average molecular weight is 147 g/mol. The van der Waals surface area contributed by atoms with E-state index in [9.17, 15) is 0 Å². The molecule has 4 aliphatic carbocycles. The fourth-order valence-electron chi connectivity index (χ4n) is 5.80. The van der Waals surface area contributed by atoms with Crippen LogP contribution < -0.4 is 5.32 Å². The lowest BCUT2D eigenvalue weighted by molar-refractivity contribution is 0.0643. The highest BCUT2D eigenvalue weighted by molar-refractivity contribution is 5.59. The molecule has 5 aliphatic rings. The van der Waals surface area contributed by atoms with Crippen molar-refractivity contribution >= 4 is 0 Å². The van der Waals surface area contributed by atoms with Crippen molar-refractivity contribution < 1.29 is 0 Å². The molecule has 1 heterocycles. The zero-order valence-electron chi connectivity index (χ0n) is 6.85. The molecule has 58 valence electrons. The molecule has 0 aromatic rings. The van der Waals surface area contributed by atoms with Gasteiger partial charge in [0.2, 0.25) is 0 Å². The van der Waals surface area contributed by atoms with Crippen LogP contribution in [0, 0.1) is 22.2 Å². The van der Waals surface area contributed by atoms with Crippen molar-refractivity contribution in [2.75, 3.05) is 0 Å². The summed E-state index contributed by atoms with van der Waals surface area (Å²) in [6.07, 6.45) is 4.69. The van der Waals surface area contributed by atoms with Crippen molar-refractivity contribution in [1.29, 1.82) is 0 Å². The average Bonchev–Trinajstić information content (AvgIpc) is 2.69. The van der Waals surface area contributed by atoms with Crippen molar-refractivity contribution in [3.8, 4) is 0 Å². The predicted octanol–water partition coefficient (Wildman–Crippen LogP) is 1.15. The Balaban J connectivity index is 1.73. The first-order chi connectivity index (χ1) is 5.29. The van der Waals surface area contributed by atoms with Gasteiger partial charge in [0.15, 0.2) is 0 Å². The molecule has 5 fully saturated rings. The second kappa shape index (κ2) is 0.834. The third kappa shape index (κ3) is 0.188. The predicted molar refractivity (Wildman–Crippen MR) is 41.0 cm³/mol. The van der Waals surface area contributed by atoms with Gasteiger partial charge in [-0.25, -0.2) is 0 Å². The Morgan fingerprint density at radius 3 is 2.55 bits per heavy atom. The van der Waals surface area contributed by atoms with Gasteiger partial charge in [0.05, 0.1) is 0 Å². The van der Waals surface area contributed by atoms with E-state index in [2.05, 4.69) is 12.2 Å². The second-order valence-corrected chi connectivity index (χ2v) is 5.69. The van der Waals surface area contributed by atoms with E-state index >= 15 is 0 Å². The van der Waals surface area contributed by atoms with E-state index in [1.165, 1.54) is 5.92 Å². The molecule has 0 bridgehead atoms. The third-order valence-corrected chi connectivity index (χ3v) is 6.38. The van der Waals surface area contributed by atoms with Crippen LogP contribution in [-0.2, 0) is 0 Å². The molecule has 2 spiro atoms. The van der Waals surface area contributed by atoms with Crippen molar-refractivity contribution in [2.24, 2.45) is 22.2 Å². The fourth-order valence-corrected chi connectivity index (χ4v) is 5.80. The molecule has 1 nitrogen and oxygen atoms in total. The quantitative estimate of drug-likeness (QED) is 0.510. The van der Waals surface area contributed by atoms with Crippen LogP contribution in [0.15, 0.2) is 0 Å². The Bertz CT molecular complexity index is 300. The molecule has 6 unspecified atom stereocenters. The first-order valence-electron chi connectivity index (χ1n) is 5.05. The molecule has 1 aliphatic heterocycles. The normalized spacial score (nSPS) is 90.8. The highest BCUT2D eigenvalue weighted by Crippen LogP contribution is 3.11. The minimum Gasteiger partial charge on any atom is -0.307 e. The summed E-state index contributed by atoms with van der Waals surface area (Å²) in [6, 6.07) is 1.99. The molecule has 1 heteroatoms. The maximum Gasteiger partial charge on any atom is 0.0292 e. The molecular weight excluding hydrogens is 134 g/mol. The first-order valence-corrected chi connectivity index (χ1v) is 5.05. The lowest BCUT2D eigenvalue weighted by Gasteiger charge is -2.44. The van der Waals surface area contributed by atoms with Crippen molar-refractivity contribution in [2.45, 2.75) is 38.3 Å². The molecule has 1 N–H and O–H groups in total. The largest absolute Gasteiger partial charge is 0.307 e. The molecule has 0 radical (unpaired) electrons. The van der Waals surface area contributed by atoms with E-state index in [1.54, 1.807) is 19.3 Å². The molecule has 6 atom stereocenters. The van der Waals surface area contributed by atoms with Crippen LogP contribution in [0.3, 0.4) is 0 Å². The number of hydrogen-bond acceptors (Lipinski definition) is 1. The summed E-state index contributed by atoms with van der Waals surface area (Å²) in [4.78, 5) is 0. The van der Waals surface area contributed by atoms with Crippen molar-refractivity contribution in [3.05, 3.63) is 0 Å². The van der Waals surface area contributed by atoms with E-state index in [0.717, 1.165) is 28.3 Å². The molecule has 5 rings (SSSR count). The summed E-state index contributed by atoms with van der Waals surface area (Å²) in [5, 5.41) is 3.62. The second-order valence-electron chi connectivity index (χ2n) is 5.69. The molecule has 11 heavy (non-hydrogen) atoms. The van der Waals surface area contributed by atoms with E-state index in [4.69, 9.17) is 0 Å². The minimum absolute atomic E-state index is 0.866. The van der Waals surface area contributed by atoms with E-state index in [-0.39, 0.29) is 0 Å². The van der Waals surface area contributed by atoms with Crippen LogP contribution in [0.5, 0.6) is 0 Å². The maximum absolute atomic E-state index is 3.62. The number of fused-ring (bicyclic) bond motifs is 4. The lowest BCUT2D eigenvalue weighted by atomic mass is 9.58. The molecule has 1 saturated heterocycles. The molecular formula is C10H13N. The van der Waals surface area contributed by atoms with E-state index in [1.807, 2.05) is 0 Å². The Morgan fingerprint density at radius 1 is 1.36 bits per heavy atom. The molecule has 0 aromatic carbocycles. The van der Waals surface area contributed by atoms with Gasteiger partial charge in [-0.15, -0.1) is 0 Å². The number of hydrogen-bond donors (Lipinski definition) is 1. The number of nitrogens with one attached hydrogen (secondary N) is 1. The highest BCUT2D eigenvalue weighted by atomic mass is 15.3. The van der Waals surface area contributed by atoms with Crippen LogP contribution in [-0.4, -0.2) is 12.1 Å². The van der Waals surface area contributed by atoms with Gasteiger partial charge < -0.3 is 5.32 Å². The van der Waals surface area contributed by atoms with Gasteiger partial charge in [-0.2, -0.15) is 0 Å². The van der Waals surface area contributed by atoms with Crippen LogP contribution in [0.2, 0.25) is 0 Å². The maximum atomic E-state index is 3.62. The van der Waals surface area contributed by atoms with Gasteiger partial charge in [-0.1, -0.05) is 6.92 Å². The van der Waals surface area contributed by atoms with Gasteiger partial charge in [-0.3, -0.25) is 0 Å². The summed E-state index contributed by atoms with van der Waals surface area (Å²) >= 11 is 0. The topological polar surface area (TPSA) is 21.9 Å². The third-order valence-electron chi connectivity index (χ3n) is 6.38. The summed E-state index contributed by atoms with van der Waals surface area (Å²) in [6.45, 7) is 2.57. The molecule has 4 saturated carbocycles. The number of rotatable bonds is 0. The summed E-state index contributed by atoms with van der Waals surface area (Å²) in [7, 11) is 0. The van der Waals surface area contributed by atoms with Crippen LogP contribution in [0.1, 0.15) is 26.2 Å². The van der Waals surface area contributed by atoms with Gasteiger partial charge in [-0.05, 0) is 36.0 Å². The zero-order valence-corrected chi connectivity index (χ0v) is 6.85. The Kier molecular flexibility index (Phi) is 0.368. The molecule has 0 amide bonds. The Hall–Kier alpha value is -0.0400. The standard InChI is InChI=1S/C10H13N/c1-8-6-2-3-9(6,8)10(8)4-5-7(10)11-5/h5-7,11H,2-4H2,1H3. The minimum atomic E-state index is 0.866. The first kappa shape index (κ1) is 4.86. The van der Waals surface area contributed by atoms with Crippen molar-refractivity contribution in [1.82, 2.24) is 5.32 Å². The van der Waals surface area contributed by atoms with Crippen LogP contribution >= 0.6 is 0 Å². The van der Waals surface area contributed by atoms with Gasteiger partial charge in [0.1, 0.15) is 0 Å². The van der Waals surface area contributed by atoms with Gasteiger partial charge in [0.25, 0.3) is 0 Å². The van der Waals surface area contributed by atoms with E-state index in [0.29, 0.717) is 0 Å².